The molecule has 1 aliphatic rings. The molecule has 0 aromatic carbocycles. The number of carbonyl (C=O) groups excluding carboxylic acids is 1. The average Bonchev–Trinajstić information content (AvgIpc) is 1.88. The maximum Gasteiger partial charge on any atom is 0.219 e. The Balaban J connectivity index is 2.39. The van der Waals surface area contributed by atoms with Crippen LogP contribution >= 0.6 is 0 Å². The molecule has 3 nitrogen and oxygen atoms in total. The Hall–Kier alpha value is -0.570. The summed E-state index contributed by atoms with van der Waals surface area (Å²) in [6.45, 7) is 5.75. The largest absolute Gasteiger partial charge is 0.375 e. The van der Waals surface area contributed by atoms with Crippen LogP contribution in [0.5, 0.6) is 0 Å². The number of hydrogen-bond acceptors (Lipinski definition) is 2. The van der Waals surface area contributed by atoms with E-state index in [2.05, 4.69) is 0 Å². The fraction of sp³-hybridized carbons (Fsp3) is 0.857. The minimum absolute atomic E-state index is 0.148. The van der Waals surface area contributed by atoms with Gasteiger partial charge in [0.1, 0.15) is 0 Å². The summed E-state index contributed by atoms with van der Waals surface area (Å²) >= 11 is 0. The van der Waals surface area contributed by atoms with Crippen LogP contribution in [-0.4, -0.2) is 36.6 Å². The van der Waals surface area contributed by atoms with Gasteiger partial charge in [-0.2, -0.15) is 0 Å². The topological polar surface area (TPSA) is 29.5 Å². The van der Waals surface area contributed by atoms with Crippen molar-refractivity contribution in [3.05, 3.63) is 0 Å². The highest BCUT2D eigenvalue weighted by Gasteiger charge is 2.17. The van der Waals surface area contributed by atoms with E-state index < -0.39 is 0 Å². The summed E-state index contributed by atoms with van der Waals surface area (Å²) in [5.74, 6) is 0.148. The number of hydrogen-bond donors (Lipinski definition) is 0. The van der Waals surface area contributed by atoms with Crippen molar-refractivity contribution in [2.75, 3.05) is 19.7 Å². The molecule has 0 saturated carbocycles. The van der Waals surface area contributed by atoms with Gasteiger partial charge in [0.05, 0.1) is 12.7 Å². The van der Waals surface area contributed by atoms with E-state index in [1.165, 1.54) is 0 Å². The first kappa shape index (κ1) is 7.54. The zero-order valence-corrected chi connectivity index (χ0v) is 6.46. The number of morpholine rings is 1. The van der Waals surface area contributed by atoms with Gasteiger partial charge in [-0.15, -0.1) is 0 Å². The van der Waals surface area contributed by atoms with Crippen LogP contribution < -0.4 is 0 Å². The highest BCUT2D eigenvalue weighted by molar-refractivity contribution is 5.73. The first-order valence-electron chi connectivity index (χ1n) is 3.57. The Morgan fingerprint density at radius 2 is 2.40 bits per heavy atom. The molecule has 1 fully saturated rings. The molecule has 0 aromatic heterocycles. The smallest absolute Gasteiger partial charge is 0.219 e. The van der Waals surface area contributed by atoms with Gasteiger partial charge in [0.25, 0.3) is 0 Å². The monoisotopic (exact) mass is 143 g/mol. The third-order valence-electron chi connectivity index (χ3n) is 1.69. The lowest BCUT2D eigenvalue weighted by atomic mass is 10.3. The molecule has 1 saturated heterocycles. The predicted octanol–water partition coefficient (Wildman–Crippen LogP) is 0.254. The lowest BCUT2D eigenvalue weighted by Crippen LogP contribution is -2.43. The van der Waals surface area contributed by atoms with Crippen molar-refractivity contribution in [3.8, 4) is 0 Å². The molecule has 0 spiro atoms. The van der Waals surface area contributed by atoms with Gasteiger partial charge in [-0.1, -0.05) is 0 Å². The van der Waals surface area contributed by atoms with Crippen LogP contribution in [-0.2, 0) is 9.53 Å². The second-order valence-corrected chi connectivity index (χ2v) is 2.65. The molecule has 1 amide bonds. The third-order valence-corrected chi connectivity index (χ3v) is 1.69. The molecular weight excluding hydrogens is 130 g/mol. The lowest BCUT2D eigenvalue weighted by molar-refractivity contribution is -0.135. The maximum absolute atomic E-state index is 10.8. The second kappa shape index (κ2) is 3.01. The van der Waals surface area contributed by atoms with E-state index in [0.717, 1.165) is 13.1 Å². The molecule has 0 N–H and O–H groups in total. The van der Waals surface area contributed by atoms with E-state index in [4.69, 9.17) is 4.74 Å². The van der Waals surface area contributed by atoms with Crippen molar-refractivity contribution in [1.29, 1.82) is 0 Å². The lowest BCUT2D eigenvalue weighted by Gasteiger charge is -2.30. The Morgan fingerprint density at radius 3 is 2.80 bits per heavy atom. The normalized spacial score (nSPS) is 26.6. The van der Waals surface area contributed by atoms with E-state index in [9.17, 15) is 4.79 Å². The van der Waals surface area contributed by atoms with Gasteiger partial charge in [-0.05, 0) is 6.92 Å². The summed E-state index contributed by atoms with van der Waals surface area (Å²) in [6.07, 6.45) is 0.206. The Kier molecular flexibility index (Phi) is 2.27. The van der Waals surface area contributed by atoms with Crippen LogP contribution in [0.2, 0.25) is 0 Å². The summed E-state index contributed by atoms with van der Waals surface area (Å²) in [4.78, 5) is 12.6. The molecule has 0 aromatic rings. The van der Waals surface area contributed by atoms with Crippen LogP contribution in [0.3, 0.4) is 0 Å². The van der Waals surface area contributed by atoms with Crippen molar-refractivity contribution in [3.63, 3.8) is 0 Å². The molecule has 0 radical (unpaired) electrons. The molecule has 1 atom stereocenters. The highest BCUT2D eigenvalue weighted by atomic mass is 16.5. The minimum Gasteiger partial charge on any atom is -0.375 e. The fourth-order valence-electron chi connectivity index (χ4n) is 1.10. The average molecular weight is 143 g/mol. The Labute approximate surface area is 61.0 Å². The molecular formula is C7H13NO2. The Bertz CT molecular complexity index is 136. The third kappa shape index (κ3) is 1.70. The molecule has 0 aliphatic carbocycles. The van der Waals surface area contributed by atoms with Gasteiger partial charge in [0.15, 0.2) is 0 Å². The van der Waals surface area contributed by atoms with E-state index in [-0.39, 0.29) is 12.0 Å². The molecule has 0 bridgehead atoms. The van der Waals surface area contributed by atoms with E-state index >= 15 is 0 Å². The number of carbonyl (C=O) groups is 1. The molecule has 1 rings (SSSR count). The van der Waals surface area contributed by atoms with Gasteiger partial charge < -0.3 is 9.64 Å². The van der Waals surface area contributed by atoms with Gasteiger partial charge in [0, 0.05) is 20.0 Å². The standard InChI is InChI=1S/C7H13NO2/c1-6-5-8(7(2)9)3-4-10-6/h6H,3-5H2,1-2H3/t6-/m0/s1. The van der Waals surface area contributed by atoms with E-state index in [1.807, 2.05) is 11.8 Å². The number of rotatable bonds is 0. The SMILES string of the molecule is CC(=O)N1CCO[C@@H](C)C1. The number of ether oxygens (including phenoxy) is 1. The zero-order valence-electron chi connectivity index (χ0n) is 6.46. The summed E-state index contributed by atoms with van der Waals surface area (Å²) in [5, 5.41) is 0. The molecule has 1 heterocycles. The summed E-state index contributed by atoms with van der Waals surface area (Å²) < 4.78 is 5.26. The molecule has 58 valence electrons. The molecule has 3 heteroatoms. The zero-order chi connectivity index (χ0) is 7.56. The first-order chi connectivity index (χ1) is 4.70. The second-order valence-electron chi connectivity index (χ2n) is 2.65. The quantitative estimate of drug-likeness (QED) is 0.486. The van der Waals surface area contributed by atoms with Crippen LogP contribution in [0.25, 0.3) is 0 Å². The van der Waals surface area contributed by atoms with Gasteiger partial charge in [-0.3, -0.25) is 4.79 Å². The van der Waals surface area contributed by atoms with Crippen molar-refractivity contribution in [2.45, 2.75) is 20.0 Å². The summed E-state index contributed by atoms with van der Waals surface area (Å²) in [7, 11) is 0. The van der Waals surface area contributed by atoms with Gasteiger partial charge in [-0.25, -0.2) is 0 Å². The molecule has 1 aliphatic heterocycles. The Morgan fingerprint density at radius 1 is 1.70 bits per heavy atom. The summed E-state index contributed by atoms with van der Waals surface area (Å²) in [5.41, 5.74) is 0. The maximum atomic E-state index is 10.8. The fourth-order valence-corrected chi connectivity index (χ4v) is 1.10. The van der Waals surface area contributed by atoms with Gasteiger partial charge >= 0.3 is 0 Å². The van der Waals surface area contributed by atoms with E-state index in [1.54, 1.807) is 6.92 Å². The molecule has 10 heavy (non-hydrogen) atoms. The highest BCUT2D eigenvalue weighted by Crippen LogP contribution is 2.03. The van der Waals surface area contributed by atoms with Crippen molar-refractivity contribution < 1.29 is 9.53 Å². The minimum atomic E-state index is 0.148. The number of nitrogens with zero attached hydrogens (tertiary/aromatic N) is 1. The number of amides is 1. The van der Waals surface area contributed by atoms with Crippen molar-refractivity contribution >= 4 is 5.91 Å². The van der Waals surface area contributed by atoms with Crippen LogP contribution in [0.4, 0.5) is 0 Å². The predicted molar refractivity (Wildman–Crippen MR) is 37.7 cm³/mol. The van der Waals surface area contributed by atoms with Crippen LogP contribution in [0.15, 0.2) is 0 Å². The first-order valence-corrected chi connectivity index (χ1v) is 3.57. The summed E-state index contributed by atoms with van der Waals surface area (Å²) in [6, 6.07) is 0. The van der Waals surface area contributed by atoms with Crippen LogP contribution in [0, 0.1) is 0 Å². The van der Waals surface area contributed by atoms with Gasteiger partial charge in [0.2, 0.25) is 5.91 Å². The molecule has 0 unspecified atom stereocenters. The van der Waals surface area contributed by atoms with Crippen molar-refractivity contribution in [2.24, 2.45) is 0 Å². The van der Waals surface area contributed by atoms with Crippen LogP contribution in [0.1, 0.15) is 13.8 Å². The van der Waals surface area contributed by atoms with Crippen molar-refractivity contribution in [1.82, 2.24) is 4.90 Å². The van der Waals surface area contributed by atoms with E-state index in [0.29, 0.717) is 6.61 Å².